The highest BCUT2D eigenvalue weighted by Gasteiger charge is 2.35. The molecule has 8 heteroatoms. The van der Waals surface area contributed by atoms with E-state index in [4.69, 9.17) is 4.74 Å². The van der Waals surface area contributed by atoms with E-state index >= 15 is 0 Å². The molecule has 2 N–H and O–H groups in total. The van der Waals surface area contributed by atoms with E-state index < -0.39 is 23.1 Å². The third kappa shape index (κ3) is 4.00. The second-order valence-electron chi connectivity index (χ2n) is 8.06. The van der Waals surface area contributed by atoms with Gasteiger partial charge in [-0.1, -0.05) is 0 Å². The van der Waals surface area contributed by atoms with Crippen molar-refractivity contribution in [3.05, 3.63) is 52.1 Å². The van der Waals surface area contributed by atoms with Crippen molar-refractivity contribution >= 4 is 23.3 Å². The van der Waals surface area contributed by atoms with Gasteiger partial charge in [-0.25, -0.2) is 4.39 Å². The number of ether oxygens (including phenoxy) is 1. The molecule has 0 saturated carbocycles. The largest absolute Gasteiger partial charge is 0.379 e. The molecule has 0 spiro atoms. The Morgan fingerprint density at radius 1 is 1.20 bits per heavy atom. The Bertz CT molecular complexity index is 1040. The Balaban J connectivity index is 1.86. The molecule has 2 amide bonds. The second-order valence-corrected chi connectivity index (χ2v) is 8.06. The third-order valence-electron chi connectivity index (χ3n) is 5.63. The van der Waals surface area contributed by atoms with E-state index in [9.17, 15) is 18.8 Å². The van der Waals surface area contributed by atoms with Crippen LogP contribution in [0, 0.1) is 26.6 Å². The average molecular weight is 415 g/mol. The van der Waals surface area contributed by atoms with Crippen molar-refractivity contribution in [2.45, 2.75) is 39.7 Å². The van der Waals surface area contributed by atoms with Gasteiger partial charge in [0.1, 0.15) is 5.82 Å². The van der Waals surface area contributed by atoms with Crippen molar-refractivity contribution in [1.82, 2.24) is 9.88 Å². The van der Waals surface area contributed by atoms with Gasteiger partial charge in [0.25, 0.3) is 17.6 Å². The molecule has 0 radical (unpaired) electrons. The maximum atomic E-state index is 13.5. The van der Waals surface area contributed by atoms with Crippen LogP contribution in [0.15, 0.2) is 18.2 Å². The summed E-state index contributed by atoms with van der Waals surface area (Å²) < 4.78 is 20.3. The Morgan fingerprint density at radius 3 is 2.50 bits per heavy atom. The van der Waals surface area contributed by atoms with Crippen LogP contribution in [-0.2, 0) is 16.6 Å². The molecule has 2 heterocycles. The van der Waals surface area contributed by atoms with E-state index in [0.717, 1.165) is 0 Å². The van der Waals surface area contributed by atoms with Gasteiger partial charge < -0.3 is 19.9 Å². The summed E-state index contributed by atoms with van der Waals surface area (Å²) in [7, 11) is 1.64. The van der Waals surface area contributed by atoms with E-state index in [2.05, 4.69) is 10.6 Å². The van der Waals surface area contributed by atoms with Crippen molar-refractivity contribution < 1.29 is 23.5 Å². The van der Waals surface area contributed by atoms with Crippen LogP contribution in [0.5, 0.6) is 0 Å². The van der Waals surface area contributed by atoms with Gasteiger partial charge in [-0.05, 0) is 63.4 Å². The number of Topliss-reactive ketones (excluding diaryl/α,β-unsaturated/α-hetero) is 1. The minimum Gasteiger partial charge on any atom is -0.379 e. The second kappa shape index (κ2) is 8.02. The van der Waals surface area contributed by atoms with Gasteiger partial charge >= 0.3 is 0 Å². The standard InChI is InChI=1S/C22H26FN3O4/c1-12-10-15(6-7-16(12)23)24-20(28)17-13(2)18(26(5)14(17)3)19(27)21(29)25-22(4)8-9-30-11-22/h6-7,10H,8-9,11H2,1-5H3,(H,24,28)(H,25,29). The lowest BCUT2D eigenvalue weighted by Crippen LogP contribution is -2.49. The Hall–Kier alpha value is -3.00. The summed E-state index contributed by atoms with van der Waals surface area (Å²) in [4.78, 5) is 38.4. The lowest BCUT2D eigenvalue weighted by Gasteiger charge is -2.23. The van der Waals surface area contributed by atoms with E-state index in [1.807, 2.05) is 6.92 Å². The van der Waals surface area contributed by atoms with Crippen LogP contribution in [0.25, 0.3) is 0 Å². The summed E-state index contributed by atoms with van der Waals surface area (Å²) in [5.74, 6) is -2.22. The van der Waals surface area contributed by atoms with E-state index in [1.54, 1.807) is 32.4 Å². The lowest BCUT2D eigenvalue weighted by molar-refractivity contribution is -0.118. The van der Waals surface area contributed by atoms with Gasteiger partial charge in [-0.2, -0.15) is 0 Å². The monoisotopic (exact) mass is 415 g/mol. The predicted octanol–water partition coefficient (Wildman–Crippen LogP) is 2.82. The van der Waals surface area contributed by atoms with Gasteiger partial charge in [0, 0.05) is 25.0 Å². The Kier molecular flexibility index (Phi) is 5.81. The highest BCUT2D eigenvalue weighted by molar-refractivity contribution is 6.43. The first-order chi connectivity index (χ1) is 14.0. The van der Waals surface area contributed by atoms with E-state index in [-0.39, 0.29) is 11.5 Å². The quantitative estimate of drug-likeness (QED) is 0.581. The van der Waals surface area contributed by atoms with Crippen LogP contribution in [0.1, 0.15) is 51.0 Å². The molecule has 1 aliphatic heterocycles. The molecule has 1 aliphatic rings. The molecule has 1 aromatic heterocycles. The number of nitrogens with one attached hydrogen (secondary N) is 2. The normalized spacial score (nSPS) is 18.3. The number of carbonyl (C=O) groups excluding carboxylic acids is 3. The zero-order valence-electron chi connectivity index (χ0n) is 17.8. The molecule has 1 aromatic carbocycles. The number of rotatable bonds is 5. The fourth-order valence-electron chi connectivity index (χ4n) is 3.75. The predicted molar refractivity (Wildman–Crippen MR) is 110 cm³/mol. The van der Waals surface area contributed by atoms with Gasteiger partial charge in [-0.3, -0.25) is 14.4 Å². The topological polar surface area (TPSA) is 89.4 Å². The number of hydrogen-bond donors (Lipinski definition) is 2. The van der Waals surface area contributed by atoms with Gasteiger partial charge in [0.2, 0.25) is 0 Å². The maximum absolute atomic E-state index is 13.5. The third-order valence-corrected chi connectivity index (χ3v) is 5.63. The molecule has 0 bridgehead atoms. The van der Waals surface area contributed by atoms with Crippen LogP contribution in [-0.4, -0.2) is 40.9 Å². The highest BCUT2D eigenvalue weighted by Crippen LogP contribution is 2.24. The lowest BCUT2D eigenvalue weighted by atomic mass is 10.0. The number of hydrogen-bond acceptors (Lipinski definition) is 4. The fraction of sp³-hybridized carbons (Fsp3) is 0.409. The van der Waals surface area contributed by atoms with Crippen molar-refractivity contribution in [2.75, 3.05) is 18.5 Å². The molecule has 30 heavy (non-hydrogen) atoms. The molecule has 1 fully saturated rings. The minimum absolute atomic E-state index is 0.160. The number of nitrogens with zero attached hydrogens (tertiary/aromatic N) is 1. The SMILES string of the molecule is Cc1cc(NC(=O)c2c(C)c(C(=O)C(=O)NC3(C)CCOC3)n(C)c2C)ccc1F. The smallest absolute Gasteiger partial charge is 0.294 e. The summed E-state index contributed by atoms with van der Waals surface area (Å²) >= 11 is 0. The highest BCUT2D eigenvalue weighted by atomic mass is 19.1. The maximum Gasteiger partial charge on any atom is 0.294 e. The van der Waals surface area contributed by atoms with Crippen LogP contribution >= 0.6 is 0 Å². The molecule has 7 nitrogen and oxygen atoms in total. The first-order valence-electron chi connectivity index (χ1n) is 9.72. The molecular formula is C22H26FN3O4. The molecule has 2 aromatic rings. The fourth-order valence-corrected chi connectivity index (χ4v) is 3.75. The molecule has 1 saturated heterocycles. The molecule has 0 aliphatic carbocycles. The number of halogens is 1. The average Bonchev–Trinajstić information content (AvgIpc) is 3.19. The van der Waals surface area contributed by atoms with Crippen LogP contribution in [0.3, 0.4) is 0 Å². The van der Waals surface area contributed by atoms with Gasteiger partial charge in [0.05, 0.1) is 23.4 Å². The van der Waals surface area contributed by atoms with Crippen LogP contribution in [0.2, 0.25) is 0 Å². The van der Waals surface area contributed by atoms with Crippen LogP contribution < -0.4 is 10.6 Å². The summed E-state index contributed by atoms with van der Waals surface area (Å²) in [5.41, 5.74) is 1.71. The minimum atomic E-state index is -0.729. The summed E-state index contributed by atoms with van der Waals surface area (Å²) in [6, 6.07) is 4.28. The Labute approximate surface area is 174 Å². The Morgan fingerprint density at radius 2 is 1.90 bits per heavy atom. The summed E-state index contributed by atoms with van der Waals surface area (Å²) in [6.07, 6.45) is 0.627. The summed E-state index contributed by atoms with van der Waals surface area (Å²) in [6.45, 7) is 7.66. The number of amides is 2. The number of benzene rings is 1. The van der Waals surface area contributed by atoms with Crippen LogP contribution in [0.4, 0.5) is 10.1 Å². The molecule has 1 atom stereocenters. The molecule has 3 rings (SSSR count). The van der Waals surface area contributed by atoms with Crippen molar-refractivity contribution in [1.29, 1.82) is 0 Å². The molecule has 1 unspecified atom stereocenters. The van der Waals surface area contributed by atoms with E-state index in [0.29, 0.717) is 47.7 Å². The number of aromatic nitrogens is 1. The summed E-state index contributed by atoms with van der Waals surface area (Å²) in [5, 5.41) is 5.49. The zero-order chi connectivity index (χ0) is 22.2. The first kappa shape index (κ1) is 21.7. The zero-order valence-corrected chi connectivity index (χ0v) is 17.8. The first-order valence-corrected chi connectivity index (χ1v) is 9.72. The van der Waals surface area contributed by atoms with Crippen molar-refractivity contribution in [3.8, 4) is 0 Å². The van der Waals surface area contributed by atoms with Crippen molar-refractivity contribution in [2.24, 2.45) is 7.05 Å². The number of anilines is 1. The van der Waals surface area contributed by atoms with Gasteiger partial charge in [0.15, 0.2) is 0 Å². The number of carbonyl (C=O) groups is 3. The number of aryl methyl sites for hydroxylation is 1. The number of ketones is 1. The molecule has 160 valence electrons. The molecular weight excluding hydrogens is 389 g/mol. The van der Waals surface area contributed by atoms with Gasteiger partial charge in [-0.15, -0.1) is 0 Å². The van der Waals surface area contributed by atoms with E-state index in [1.165, 1.54) is 18.2 Å². The van der Waals surface area contributed by atoms with Crippen molar-refractivity contribution in [3.63, 3.8) is 0 Å².